The molecule has 2 N–H and O–H groups in total. The van der Waals surface area contributed by atoms with Gasteiger partial charge >= 0.3 is 0 Å². The second-order valence-electron chi connectivity index (χ2n) is 6.55. The van der Waals surface area contributed by atoms with Gasteiger partial charge in [0, 0.05) is 18.4 Å². The maximum absolute atomic E-state index is 12.3. The smallest absolute Gasteiger partial charge is 0.252 e. The molecule has 0 atom stereocenters. The molecule has 0 saturated heterocycles. The molecule has 0 bridgehead atoms. The highest BCUT2D eigenvalue weighted by Gasteiger charge is 2.26. The maximum Gasteiger partial charge on any atom is 0.252 e. The number of fused-ring (bicyclic) bond motifs is 1. The van der Waals surface area contributed by atoms with Crippen LogP contribution in [0, 0.1) is 5.92 Å². The van der Waals surface area contributed by atoms with Crippen molar-refractivity contribution in [3.63, 3.8) is 0 Å². The molecule has 0 unspecified atom stereocenters. The summed E-state index contributed by atoms with van der Waals surface area (Å²) >= 11 is 0. The van der Waals surface area contributed by atoms with Gasteiger partial charge in [0.25, 0.3) is 5.91 Å². The number of aliphatic hydroxyl groups excluding tert-OH is 1. The average molecular weight is 336 g/mol. The number of hydrogen-bond donors (Lipinski definition) is 2. The molecular weight excluding hydrogens is 316 g/mol. The SMILES string of the molecule is O=C(NCCC1CC(O)C1)c1cnc2c(c1)ncn2-c1ccccc1. The summed E-state index contributed by atoms with van der Waals surface area (Å²) in [7, 11) is 0. The van der Waals surface area contributed by atoms with Crippen molar-refractivity contribution < 1.29 is 9.90 Å². The molecule has 25 heavy (non-hydrogen) atoms. The van der Waals surface area contributed by atoms with Crippen LogP contribution in [0.25, 0.3) is 16.9 Å². The topological polar surface area (TPSA) is 80.0 Å². The Labute approximate surface area is 145 Å². The molecule has 6 nitrogen and oxygen atoms in total. The van der Waals surface area contributed by atoms with Crippen molar-refractivity contribution in [1.82, 2.24) is 19.9 Å². The van der Waals surface area contributed by atoms with Crippen molar-refractivity contribution in [2.75, 3.05) is 6.54 Å². The van der Waals surface area contributed by atoms with Crippen LogP contribution < -0.4 is 5.32 Å². The van der Waals surface area contributed by atoms with E-state index in [9.17, 15) is 9.90 Å². The van der Waals surface area contributed by atoms with Crippen molar-refractivity contribution in [2.24, 2.45) is 5.92 Å². The van der Waals surface area contributed by atoms with E-state index in [1.165, 1.54) is 0 Å². The van der Waals surface area contributed by atoms with E-state index in [0.29, 0.717) is 23.5 Å². The van der Waals surface area contributed by atoms with Crippen LogP contribution in [0.1, 0.15) is 29.6 Å². The van der Waals surface area contributed by atoms with Crippen molar-refractivity contribution >= 4 is 17.1 Å². The van der Waals surface area contributed by atoms with Crippen molar-refractivity contribution in [3.05, 3.63) is 54.5 Å². The van der Waals surface area contributed by atoms with E-state index in [1.807, 2.05) is 34.9 Å². The summed E-state index contributed by atoms with van der Waals surface area (Å²) in [5.41, 5.74) is 2.92. The van der Waals surface area contributed by atoms with Gasteiger partial charge in [-0.05, 0) is 43.4 Å². The van der Waals surface area contributed by atoms with Gasteiger partial charge in [-0.25, -0.2) is 9.97 Å². The fraction of sp³-hybridized carbons (Fsp3) is 0.316. The zero-order valence-electron chi connectivity index (χ0n) is 13.8. The number of nitrogens with zero attached hydrogens (tertiary/aromatic N) is 3. The summed E-state index contributed by atoms with van der Waals surface area (Å²) in [5.74, 6) is 0.390. The van der Waals surface area contributed by atoms with E-state index in [0.717, 1.165) is 30.6 Å². The fourth-order valence-electron chi connectivity index (χ4n) is 3.23. The zero-order chi connectivity index (χ0) is 17.2. The van der Waals surface area contributed by atoms with Gasteiger partial charge in [-0.1, -0.05) is 18.2 Å². The Kier molecular flexibility index (Phi) is 4.19. The number of amides is 1. The number of carbonyl (C=O) groups excluding carboxylic acids is 1. The quantitative estimate of drug-likeness (QED) is 0.749. The predicted octanol–water partition coefficient (Wildman–Crippen LogP) is 2.31. The van der Waals surface area contributed by atoms with Crippen molar-refractivity contribution in [1.29, 1.82) is 0 Å². The van der Waals surface area contributed by atoms with E-state index in [-0.39, 0.29) is 12.0 Å². The van der Waals surface area contributed by atoms with Gasteiger partial charge in [-0.15, -0.1) is 0 Å². The van der Waals surface area contributed by atoms with Gasteiger partial charge in [0.05, 0.1) is 11.7 Å². The standard InChI is InChI=1S/C19H20N4O2/c24-16-8-13(9-16)6-7-20-19(25)14-10-17-18(21-11-14)23(12-22-17)15-4-2-1-3-5-15/h1-5,10-13,16,24H,6-9H2,(H,20,25). The van der Waals surface area contributed by atoms with Gasteiger partial charge in [-0.2, -0.15) is 0 Å². The number of hydrogen-bond acceptors (Lipinski definition) is 4. The maximum atomic E-state index is 12.3. The lowest BCUT2D eigenvalue weighted by atomic mass is 9.80. The summed E-state index contributed by atoms with van der Waals surface area (Å²) in [6, 6.07) is 11.6. The lowest BCUT2D eigenvalue weighted by molar-refractivity contribution is 0.0393. The molecule has 1 aromatic carbocycles. The second-order valence-corrected chi connectivity index (χ2v) is 6.55. The van der Waals surface area contributed by atoms with Crippen LogP contribution in [0.2, 0.25) is 0 Å². The van der Waals surface area contributed by atoms with E-state index < -0.39 is 0 Å². The van der Waals surface area contributed by atoms with E-state index in [2.05, 4.69) is 15.3 Å². The number of rotatable bonds is 5. The lowest BCUT2D eigenvalue weighted by Gasteiger charge is -2.31. The molecule has 0 aliphatic heterocycles. The van der Waals surface area contributed by atoms with Gasteiger partial charge in [0.15, 0.2) is 5.65 Å². The first kappa shape index (κ1) is 15.8. The number of benzene rings is 1. The highest BCUT2D eigenvalue weighted by molar-refractivity contribution is 5.96. The van der Waals surface area contributed by atoms with Crippen LogP contribution >= 0.6 is 0 Å². The first-order chi connectivity index (χ1) is 12.2. The van der Waals surface area contributed by atoms with E-state index >= 15 is 0 Å². The second kappa shape index (κ2) is 6.64. The molecule has 4 rings (SSSR count). The minimum atomic E-state index is -0.146. The fourth-order valence-corrected chi connectivity index (χ4v) is 3.23. The molecule has 1 fully saturated rings. The minimum Gasteiger partial charge on any atom is -0.393 e. The number of carbonyl (C=O) groups is 1. The molecule has 2 heterocycles. The Morgan fingerprint density at radius 2 is 2.04 bits per heavy atom. The van der Waals surface area contributed by atoms with Crippen molar-refractivity contribution in [3.8, 4) is 5.69 Å². The largest absolute Gasteiger partial charge is 0.393 e. The summed E-state index contributed by atoms with van der Waals surface area (Å²) in [6.07, 6.45) is 5.76. The first-order valence-electron chi connectivity index (χ1n) is 8.55. The molecule has 0 radical (unpaired) electrons. The normalized spacial score (nSPS) is 19.6. The molecule has 1 amide bonds. The van der Waals surface area contributed by atoms with Crippen LogP contribution in [0.3, 0.4) is 0 Å². The third-order valence-electron chi connectivity index (χ3n) is 4.73. The molecule has 0 spiro atoms. The molecular formula is C19H20N4O2. The van der Waals surface area contributed by atoms with Crippen LogP contribution in [0.15, 0.2) is 48.9 Å². The van der Waals surface area contributed by atoms with Crippen LogP contribution in [-0.4, -0.2) is 38.2 Å². The Morgan fingerprint density at radius 3 is 2.80 bits per heavy atom. The van der Waals surface area contributed by atoms with Gasteiger partial charge in [-0.3, -0.25) is 9.36 Å². The summed E-state index contributed by atoms with van der Waals surface area (Å²) in [5, 5.41) is 12.2. The van der Waals surface area contributed by atoms with Gasteiger partial charge < -0.3 is 10.4 Å². The number of nitrogens with one attached hydrogen (secondary N) is 1. The first-order valence-corrected chi connectivity index (χ1v) is 8.55. The van der Waals surface area contributed by atoms with Crippen LogP contribution in [0.5, 0.6) is 0 Å². The number of aliphatic hydroxyl groups is 1. The third-order valence-corrected chi connectivity index (χ3v) is 4.73. The third kappa shape index (κ3) is 3.25. The van der Waals surface area contributed by atoms with Gasteiger partial charge in [0.1, 0.15) is 11.8 Å². The Hall–Kier alpha value is -2.73. The summed E-state index contributed by atoms with van der Waals surface area (Å²) in [6.45, 7) is 0.618. The van der Waals surface area contributed by atoms with Crippen LogP contribution in [-0.2, 0) is 0 Å². The Bertz CT molecular complexity index is 885. The Balaban J connectivity index is 1.45. The predicted molar refractivity (Wildman–Crippen MR) is 94.5 cm³/mol. The van der Waals surface area contributed by atoms with Gasteiger partial charge in [0.2, 0.25) is 0 Å². The zero-order valence-corrected chi connectivity index (χ0v) is 13.8. The summed E-state index contributed by atoms with van der Waals surface area (Å²) < 4.78 is 1.90. The van der Waals surface area contributed by atoms with E-state index in [1.54, 1.807) is 18.6 Å². The van der Waals surface area contributed by atoms with Crippen LogP contribution in [0.4, 0.5) is 0 Å². The molecule has 6 heteroatoms. The molecule has 3 aromatic rings. The molecule has 2 aromatic heterocycles. The number of aromatic nitrogens is 3. The molecule has 1 aliphatic rings. The highest BCUT2D eigenvalue weighted by Crippen LogP contribution is 2.29. The summed E-state index contributed by atoms with van der Waals surface area (Å²) in [4.78, 5) is 21.1. The van der Waals surface area contributed by atoms with E-state index in [4.69, 9.17) is 0 Å². The highest BCUT2D eigenvalue weighted by atomic mass is 16.3. The average Bonchev–Trinajstić information content (AvgIpc) is 3.04. The molecule has 128 valence electrons. The molecule has 1 saturated carbocycles. The number of pyridine rings is 1. The molecule has 1 aliphatic carbocycles. The Morgan fingerprint density at radius 1 is 1.24 bits per heavy atom. The number of imidazole rings is 1. The van der Waals surface area contributed by atoms with Crippen molar-refractivity contribution in [2.45, 2.75) is 25.4 Å². The number of para-hydroxylation sites is 1. The lowest BCUT2D eigenvalue weighted by Crippen LogP contribution is -2.32. The minimum absolute atomic E-state index is 0.136. The monoisotopic (exact) mass is 336 g/mol.